The van der Waals surface area contributed by atoms with Crippen LogP contribution < -0.4 is 16.0 Å². The lowest BCUT2D eigenvalue weighted by Gasteiger charge is -2.30. The topological polar surface area (TPSA) is 148 Å². The zero-order valence-electron chi connectivity index (χ0n) is 27.5. The van der Waals surface area contributed by atoms with Gasteiger partial charge in [0.25, 0.3) is 11.8 Å². The summed E-state index contributed by atoms with van der Waals surface area (Å²) in [5.74, 6) is 2.56. The third-order valence-corrected chi connectivity index (χ3v) is 7.31. The molecule has 4 rings (SSSR count). The van der Waals surface area contributed by atoms with Crippen molar-refractivity contribution in [2.24, 2.45) is 5.73 Å². The molecule has 2 unspecified atom stereocenters. The fraction of sp³-hybridized carbons (Fsp3) is 0.324. The molecular weight excluding hydrogens is 612 g/mol. The van der Waals surface area contributed by atoms with E-state index in [1.807, 2.05) is 36.4 Å². The van der Waals surface area contributed by atoms with Crippen LogP contribution >= 0.6 is 0 Å². The Hall–Kier alpha value is -5.47. The largest absolute Gasteiger partial charge is 0.466 e. The predicted molar refractivity (Wildman–Crippen MR) is 179 cm³/mol. The van der Waals surface area contributed by atoms with Crippen molar-refractivity contribution in [2.45, 2.75) is 58.3 Å². The Balaban J connectivity index is 1.67. The van der Waals surface area contributed by atoms with Crippen LogP contribution in [-0.2, 0) is 35.2 Å². The Bertz CT molecular complexity index is 1710. The van der Waals surface area contributed by atoms with Crippen LogP contribution in [-0.4, -0.2) is 65.9 Å². The molecule has 0 radical (unpaired) electrons. The summed E-state index contributed by atoms with van der Waals surface area (Å²) >= 11 is 0. The van der Waals surface area contributed by atoms with E-state index in [-0.39, 0.29) is 44.1 Å². The first kappa shape index (κ1) is 35.4. The first-order chi connectivity index (χ1) is 22.9. The molecule has 1 aliphatic heterocycles. The maximum absolute atomic E-state index is 14.4. The lowest BCUT2D eigenvalue weighted by Crippen LogP contribution is -2.45. The summed E-state index contributed by atoms with van der Waals surface area (Å²) in [6, 6.07) is 21.3. The number of carbonyl (C=O) groups excluding carboxylic acids is 5. The lowest BCUT2D eigenvalue weighted by atomic mass is 10.00. The normalized spacial score (nSPS) is 14.1. The standard InChI is InChI=1S/C37H40N4O7/c1-5-47-34(44)21-31(27-14-10-7-11-15-27)41-24-33(43)40(23-26-12-8-6-9-13-26)30-18-16-25(20-28(30)35(41)45)17-19-32(42)39-22-29(38)36(46)48-37(2,3)4/h6-16,18,20,29,31H,5,21-24,38H2,1-4H3,(H,39,42). The summed E-state index contributed by atoms with van der Waals surface area (Å²) in [7, 11) is 0. The monoisotopic (exact) mass is 652 g/mol. The second-order valence-corrected chi connectivity index (χ2v) is 12.2. The summed E-state index contributed by atoms with van der Waals surface area (Å²) in [6.45, 7) is 6.74. The number of carbonyl (C=O) groups is 5. The van der Waals surface area contributed by atoms with E-state index in [0.717, 1.165) is 5.56 Å². The SMILES string of the molecule is CCOC(=O)CC(c1ccccc1)N1CC(=O)N(Cc2ccccc2)c2ccc(C#CC(=O)NCC(N)C(=O)OC(C)(C)C)cc2C1=O. The molecule has 3 aromatic carbocycles. The van der Waals surface area contributed by atoms with Gasteiger partial charge in [0, 0.05) is 18.0 Å². The van der Waals surface area contributed by atoms with Crippen molar-refractivity contribution < 1.29 is 33.4 Å². The van der Waals surface area contributed by atoms with E-state index >= 15 is 0 Å². The van der Waals surface area contributed by atoms with Gasteiger partial charge >= 0.3 is 11.9 Å². The van der Waals surface area contributed by atoms with Gasteiger partial charge in [-0.1, -0.05) is 66.6 Å². The van der Waals surface area contributed by atoms with E-state index in [9.17, 15) is 24.0 Å². The van der Waals surface area contributed by atoms with Crippen LogP contribution in [0.2, 0.25) is 0 Å². The predicted octanol–water partition coefficient (Wildman–Crippen LogP) is 3.51. The van der Waals surface area contributed by atoms with Crippen LogP contribution in [0.5, 0.6) is 0 Å². The molecule has 0 fully saturated rings. The van der Waals surface area contributed by atoms with Gasteiger partial charge in [-0.05, 0) is 57.0 Å². The number of fused-ring (bicyclic) bond motifs is 1. The number of rotatable bonds is 10. The van der Waals surface area contributed by atoms with E-state index in [4.69, 9.17) is 15.2 Å². The van der Waals surface area contributed by atoms with Crippen LogP contribution in [0, 0.1) is 11.8 Å². The molecule has 3 N–H and O–H groups in total. The van der Waals surface area contributed by atoms with Gasteiger partial charge in [0.15, 0.2) is 0 Å². The molecule has 1 aliphatic rings. The highest BCUT2D eigenvalue weighted by Gasteiger charge is 2.37. The van der Waals surface area contributed by atoms with Crippen molar-refractivity contribution >= 4 is 35.3 Å². The smallest absolute Gasteiger partial charge is 0.325 e. The molecule has 0 saturated heterocycles. The molecule has 1 heterocycles. The average Bonchev–Trinajstić information content (AvgIpc) is 3.15. The highest BCUT2D eigenvalue weighted by Crippen LogP contribution is 2.34. The lowest BCUT2D eigenvalue weighted by molar-refractivity contribution is -0.156. The molecule has 3 amide bonds. The van der Waals surface area contributed by atoms with E-state index in [2.05, 4.69) is 17.2 Å². The minimum Gasteiger partial charge on any atom is -0.466 e. The van der Waals surface area contributed by atoms with Crippen molar-refractivity contribution in [3.63, 3.8) is 0 Å². The van der Waals surface area contributed by atoms with Gasteiger partial charge in [0.05, 0.1) is 36.9 Å². The quantitative estimate of drug-likeness (QED) is 0.250. The van der Waals surface area contributed by atoms with E-state index in [1.54, 1.807) is 64.1 Å². The molecule has 11 heteroatoms. The highest BCUT2D eigenvalue weighted by molar-refractivity contribution is 6.10. The number of amides is 3. The van der Waals surface area contributed by atoms with Crippen molar-refractivity contribution in [3.8, 4) is 11.8 Å². The third-order valence-electron chi connectivity index (χ3n) is 7.31. The number of ether oxygens (including phenoxy) is 2. The van der Waals surface area contributed by atoms with Gasteiger partial charge in [-0.15, -0.1) is 0 Å². The van der Waals surface area contributed by atoms with Crippen LogP contribution in [0.15, 0.2) is 78.9 Å². The Morgan fingerprint density at radius 2 is 1.65 bits per heavy atom. The van der Waals surface area contributed by atoms with E-state index in [1.165, 1.54) is 15.9 Å². The first-order valence-corrected chi connectivity index (χ1v) is 15.6. The Morgan fingerprint density at radius 1 is 0.979 bits per heavy atom. The minimum absolute atomic E-state index is 0.157. The summed E-state index contributed by atoms with van der Waals surface area (Å²) in [4.78, 5) is 68.6. The number of nitrogens with zero attached hydrogens (tertiary/aromatic N) is 2. The van der Waals surface area contributed by atoms with Crippen LogP contribution in [0.25, 0.3) is 0 Å². The molecule has 0 aromatic heterocycles. The summed E-state index contributed by atoms with van der Waals surface area (Å²) in [5.41, 5.74) is 7.54. The first-order valence-electron chi connectivity index (χ1n) is 15.6. The molecule has 3 aromatic rings. The van der Waals surface area contributed by atoms with E-state index in [0.29, 0.717) is 16.8 Å². The van der Waals surface area contributed by atoms with Gasteiger partial charge in [0.1, 0.15) is 18.2 Å². The maximum atomic E-state index is 14.4. The average molecular weight is 653 g/mol. The summed E-state index contributed by atoms with van der Waals surface area (Å²) in [6.07, 6.45) is -0.157. The summed E-state index contributed by atoms with van der Waals surface area (Å²) < 4.78 is 10.5. The number of nitrogens with one attached hydrogen (secondary N) is 1. The number of esters is 2. The fourth-order valence-corrected chi connectivity index (χ4v) is 5.10. The number of hydrogen-bond donors (Lipinski definition) is 2. The van der Waals surface area contributed by atoms with Crippen molar-refractivity contribution in [3.05, 3.63) is 101 Å². The molecule has 2 atom stereocenters. The van der Waals surface area contributed by atoms with Gasteiger partial charge in [-0.25, -0.2) is 0 Å². The number of anilines is 1. The van der Waals surface area contributed by atoms with Crippen molar-refractivity contribution in [2.75, 3.05) is 24.6 Å². The second kappa shape index (κ2) is 15.9. The Morgan fingerprint density at radius 3 is 2.29 bits per heavy atom. The third kappa shape index (κ3) is 9.53. The number of benzene rings is 3. The number of nitrogens with two attached hydrogens (primary N) is 1. The molecule has 0 spiro atoms. The molecule has 0 bridgehead atoms. The molecule has 0 saturated carbocycles. The molecule has 11 nitrogen and oxygen atoms in total. The summed E-state index contributed by atoms with van der Waals surface area (Å²) in [5, 5.41) is 2.50. The van der Waals surface area contributed by atoms with Gasteiger partial charge in [-0.3, -0.25) is 24.0 Å². The minimum atomic E-state index is -1.08. The maximum Gasteiger partial charge on any atom is 0.325 e. The van der Waals surface area contributed by atoms with E-state index < -0.39 is 41.4 Å². The van der Waals surface area contributed by atoms with Crippen molar-refractivity contribution in [1.82, 2.24) is 10.2 Å². The van der Waals surface area contributed by atoms with Crippen LogP contribution in [0.1, 0.15) is 67.2 Å². The second-order valence-electron chi connectivity index (χ2n) is 12.2. The zero-order chi connectivity index (χ0) is 34.8. The zero-order valence-corrected chi connectivity index (χ0v) is 27.5. The fourth-order valence-electron chi connectivity index (χ4n) is 5.10. The van der Waals surface area contributed by atoms with Gasteiger partial charge < -0.3 is 30.3 Å². The van der Waals surface area contributed by atoms with Gasteiger partial charge in [0.2, 0.25) is 5.91 Å². The number of hydrogen-bond acceptors (Lipinski definition) is 8. The van der Waals surface area contributed by atoms with Crippen molar-refractivity contribution in [1.29, 1.82) is 0 Å². The highest BCUT2D eigenvalue weighted by atomic mass is 16.6. The molecule has 48 heavy (non-hydrogen) atoms. The Kier molecular flexibility index (Phi) is 11.7. The van der Waals surface area contributed by atoms with Crippen LogP contribution in [0.3, 0.4) is 0 Å². The molecular formula is C37H40N4O7. The molecule has 250 valence electrons. The Labute approximate surface area is 280 Å². The molecule has 0 aliphatic carbocycles. The van der Waals surface area contributed by atoms with Crippen LogP contribution in [0.4, 0.5) is 5.69 Å². The van der Waals surface area contributed by atoms with Gasteiger partial charge in [-0.2, -0.15) is 0 Å².